The van der Waals surface area contributed by atoms with Gasteiger partial charge < -0.3 is 15.0 Å². The van der Waals surface area contributed by atoms with E-state index in [0.717, 1.165) is 37.5 Å². The fraction of sp³-hybridized carbons (Fsp3) is 0.480. The molecule has 1 atom stereocenters. The number of aryl methyl sites for hydroxylation is 1. The van der Waals surface area contributed by atoms with Crippen LogP contribution < -0.4 is 14.4 Å². The second kappa shape index (κ2) is 10.1. The first kappa shape index (κ1) is 23.6. The SMILES string of the molecule is Cc1ccc(S(=O)(=O)N2C[C@H](C(=O)NCCCN3CCC(C)CC3)Oc3ccccc32)cc1. The molecular weight excluding hydrogens is 438 g/mol. The van der Waals surface area contributed by atoms with E-state index in [2.05, 4.69) is 17.1 Å². The minimum Gasteiger partial charge on any atom is -0.476 e. The highest BCUT2D eigenvalue weighted by Crippen LogP contribution is 2.36. The zero-order valence-corrected chi connectivity index (χ0v) is 20.2. The van der Waals surface area contributed by atoms with Crippen LogP contribution in [0.15, 0.2) is 53.4 Å². The first-order valence-corrected chi connectivity index (χ1v) is 13.1. The van der Waals surface area contributed by atoms with E-state index in [1.165, 1.54) is 17.1 Å². The Morgan fingerprint density at radius 3 is 2.52 bits per heavy atom. The number of rotatable bonds is 7. The zero-order valence-electron chi connectivity index (χ0n) is 19.4. The van der Waals surface area contributed by atoms with Gasteiger partial charge in [-0.25, -0.2) is 8.42 Å². The number of nitrogens with zero attached hydrogens (tertiary/aromatic N) is 2. The van der Waals surface area contributed by atoms with Crippen LogP contribution in [0.4, 0.5) is 5.69 Å². The number of likely N-dealkylation sites (tertiary alicyclic amines) is 1. The summed E-state index contributed by atoms with van der Waals surface area (Å²) in [5, 5.41) is 2.94. The van der Waals surface area contributed by atoms with Gasteiger partial charge in [0.05, 0.1) is 17.1 Å². The average Bonchev–Trinajstić information content (AvgIpc) is 2.82. The van der Waals surface area contributed by atoms with Gasteiger partial charge in [-0.2, -0.15) is 0 Å². The number of sulfonamides is 1. The van der Waals surface area contributed by atoms with Gasteiger partial charge in [-0.15, -0.1) is 0 Å². The largest absolute Gasteiger partial charge is 0.476 e. The van der Waals surface area contributed by atoms with Gasteiger partial charge in [-0.05, 0) is 76.0 Å². The van der Waals surface area contributed by atoms with E-state index in [0.29, 0.717) is 18.0 Å². The van der Waals surface area contributed by atoms with Crippen LogP contribution in [0.3, 0.4) is 0 Å². The summed E-state index contributed by atoms with van der Waals surface area (Å²) in [5.41, 5.74) is 1.43. The zero-order chi connectivity index (χ0) is 23.4. The van der Waals surface area contributed by atoms with Crippen molar-refractivity contribution >= 4 is 21.6 Å². The van der Waals surface area contributed by atoms with Gasteiger partial charge in [-0.1, -0.05) is 36.8 Å². The van der Waals surface area contributed by atoms with Gasteiger partial charge in [-0.3, -0.25) is 9.10 Å². The average molecular weight is 472 g/mol. The molecule has 1 amide bonds. The Balaban J connectivity index is 1.41. The summed E-state index contributed by atoms with van der Waals surface area (Å²) in [6, 6.07) is 13.7. The van der Waals surface area contributed by atoms with Crippen LogP contribution in [0.1, 0.15) is 31.7 Å². The molecule has 2 heterocycles. The highest BCUT2D eigenvalue weighted by atomic mass is 32.2. The molecule has 2 aromatic rings. The molecule has 33 heavy (non-hydrogen) atoms. The van der Waals surface area contributed by atoms with Crippen LogP contribution in [0.25, 0.3) is 0 Å². The predicted molar refractivity (Wildman–Crippen MR) is 129 cm³/mol. The molecule has 0 saturated carbocycles. The Morgan fingerprint density at radius 2 is 1.79 bits per heavy atom. The predicted octanol–water partition coefficient (Wildman–Crippen LogP) is 3.19. The first-order chi connectivity index (χ1) is 15.8. The third-order valence-corrected chi connectivity index (χ3v) is 8.26. The van der Waals surface area contributed by atoms with Crippen LogP contribution in [-0.4, -0.2) is 58.1 Å². The summed E-state index contributed by atoms with van der Waals surface area (Å²) in [6.07, 6.45) is 2.41. The molecule has 0 unspecified atom stereocenters. The molecule has 2 aromatic carbocycles. The van der Waals surface area contributed by atoms with Crippen molar-refractivity contribution in [3.63, 3.8) is 0 Å². The monoisotopic (exact) mass is 471 g/mol. The van der Waals surface area contributed by atoms with E-state index < -0.39 is 16.1 Å². The van der Waals surface area contributed by atoms with E-state index in [1.807, 2.05) is 6.92 Å². The number of piperidine rings is 1. The molecule has 2 aliphatic rings. The van der Waals surface area contributed by atoms with Crippen molar-refractivity contribution in [2.45, 2.75) is 44.1 Å². The topological polar surface area (TPSA) is 79.0 Å². The summed E-state index contributed by atoms with van der Waals surface area (Å²) < 4.78 is 34.0. The van der Waals surface area contributed by atoms with Gasteiger partial charge in [0.2, 0.25) is 0 Å². The number of para-hydroxylation sites is 2. The van der Waals surface area contributed by atoms with Crippen LogP contribution in [0.5, 0.6) is 5.75 Å². The highest BCUT2D eigenvalue weighted by molar-refractivity contribution is 7.92. The molecular formula is C25H33N3O4S. The molecule has 7 nitrogen and oxygen atoms in total. The second-order valence-corrected chi connectivity index (χ2v) is 11.0. The normalized spacial score (nSPS) is 19.6. The lowest BCUT2D eigenvalue weighted by atomic mass is 9.99. The summed E-state index contributed by atoms with van der Waals surface area (Å²) in [6.45, 7) is 7.86. The number of carbonyl (C=O) groups is 1. The molecule has 1 saturated heterocycles. The van der Waals surface area contributed by atoms with Crippen molar-refractivity contribution in [1.29, 1.82) is 0 Å². The molecule has 8 heteroatoms. The highest BCUT2D eigenvalue weighted by Gasteiger charge is 2.37. The van der Waals surface area contributed by atoms with Crippen LogP contribution >= 0.6 is 0 Å². The summed E-state index contributed by atoms with van der Waals surface area (Å²) in [5.74, 6) is 0.898. The molecule has 0 bridgehead atoms. The number of nitrogens with one attached hydrogen (secondary N) is 1. The smallest absolute Gasteiger partial charge is 0.264 e. The number of amides is 1. The maximum Gasteiger partial charge on any atom is 0.264 e. The van der Waals surface area contributed by atoms with Crippen molar-refractivity contribution < 1.29 is 17.9 Å². The number of fused-ring (bicyclic) bond motifs is 1. The lowest BCUT2D eigenvalue weighted by Crippen LogP contribution is -2.51. The van der Waals surface area contributed by atoms with Gasteiger partial charge in [0.1, 0.15) is 5.75 Å². The quantitative estimate of drug-likeness (QED) is 0.628. The van der Waals surface area contributed by atoms with Gasteiger partial charge in [0.25, 0.3) is 15.9 Å². The number of benzene rings is 2. The van der Waals surface area contributed by atoms with E-state index in [-0.39, 0.29) is 17.3 Å². The lowest BCUT2D eigenvalue weighted by Gasteiger charge is -2.34. The Hall–Kier alpha value is -2.58. The third-order valence-electron chi connectivity index (χ3n) is 6.46. The van der Waals surface area contributed by atoms with E-state index >= 15 is 0 Å². The maximum atomic E-state index is 13.4. The Kier molecular flexibility index (Phi) is 7.24. The Labute approximate surface area is 196 Å². The van der Waals surface area contributed by atoms with Gasteiger partial charge >= 0.3 is 0 Å². The summed E-state index contributed by atoms with van der Waals surface area (Å²) in [7, 11) is -3.84. The number of anilines is 1. The molecule has 178 valence electrons. The second-order valence-electron chi connectivity index (χ2n) is 9.09. The van der Waals surface area contributed by atoms with Crippen molar-refractivity contribution in [3.05, 3.63) is 54.1 Å². The maximum absolute atomic E-state index is 13.4. The Bertz CT molecular complexity index is 1060. The van der Waals surface area contributed by atoms with Crippen LogP contribution in [0.2, 0.25) is 0 Å². The Morgan fingerprint density at radius 1 is 1.09 bits per heavy atom. The standard InChI is InChI=1S/C25H33N3O4S/c1-19-8-10-21(11-9-19)33(30,31)28-18-24(32-23-7-4-3-6-22(23)28)25(29)26-14-5-15-27-16-12-20(2)13-17-27/h3-4,6-11,20,24H,5,12-18H2,1-2H3,(H,26,29)/t24-/m1/s1. The minimum atomic E-state index is -3.84. The number of ether oxygens (including phenoxy) is 1. The summed E-state index contributed by atoms with van der Waals surface area (Å²) in [4.78, 5) is 15.5. The van der Waals surface area contributed by atoms with Crippen molar-refractivity contribution in [2.75, 3.05) is 37.0 Å². The lowest BCUT2D eigenvalue weighted by molar-refractivity contribution is -0.127. The fourth-order valence-corrected chi connectivity index (χ4v) is 5.79. The molecule has 0 radical (unpaired) electrons. The molecule has 1 N–H and O–H groups in total. The molecule has 2 aliphatic heterocycles. The minimum absolute atomic E-state index is 0.0664. The van der Waals surface area contributed by atoms with Crippen LogP contribution in [-0.2, 0) is 14.8 Å². The first-order valence-electron chi connectivity index (χ1n) is 11.7. The van der Waals surface area contributed by atoms with Gasteiger partial charge in [0, 0.05) is 6.54 Å². The molecule has 4 rings (SSSR count). The van der Waals surface area contributed by atoms with E-state index in [1.54, 1.807) is 48.5 Å². The summed E-state index contributed by atoms with van der Waals surface area (Å²) >= 11 is 0. The van der Waals surface area contributed by atoms with E-state index in [4.69, 9.17) is 4.74 Å². The molecule has 1 fully saturated rings. The number of hydrogen-bond acceptors (Lipinski definition) is 5. The molecule has 0 aliphatic carbocycles. The fourth-order valence-electron chi connectivity index (χ4n) is 4.32. The van der Waals surface area contributed by atoms with Gasteiger partial charge in [0.15, 0.2) is 6.10 Å². The molecule has 0 aromatic heterocycles. The third kappa shape index (κ3) is 5.50. The van der Waals surface area contributed by atoms with Crippen molar-refractivity contribution in [1.82, 2.24) is 10.2 Å². The van der Waals surface area contributed by atoms with Crippen LogP contribution in [0, 0.1) is 12.8 Å². The van der Waals surface area contributed by atoms with Crippen molar-refractivity contribution in [2.24, 2.45) is 5.92 Å². The molecule has 0 spiro atoms. The number of hydrogen-bond donors (Lipinski definition) is 1. The van der Waals surface area contributed by atoms with E-state index in [9.17, 15) is 13.2 Å². The number of carbonyl (C=O) groups excluding carboxylic acids is 1. The van der Waals surface area contributed by atoms with Crippen molar-refractivity contribution in [3.8, 4) is 5.75 Å².